The van der Waals surface area contributed by atoms with Crippen LogP contribution in [0.2, 0.25) is 0 Å². The molecule has 4 rings (SSSR count). The fourth-order valence-electron chi connectivity index (χ4n) is 4.36. The van der Waals surface area contributed by atoms with E-state index in [1.165, 1.54) is 0 Å². The molecular weight excluding hydrogens is 354 g/mol. The van der Waals surface area contributed by atoms with E-state index in [0.717, 1.165) is 18.5 Å². The summed E-state index contributed by atoms with van der Waals surface area (Å²) in [5, 5.41) is 2.93. The number of anilines is 2. The van der Waals surface area contributed by atoms with E-state index < -0.39 is 0 Å². The molecule has 0 unspecified atom stereocenters. The molecule has 1 saturated heterocycles. The van der Waals surface area contributed by atoms with E-state index in [9.17, 15) is 14.4 Å². The Morgan fingerprint density at radius 3 is 2.64 bits per heavy atom. The van der Waals surface area contributed by atoms with Gasteiger partial charge >= 0.3 is 0 Å². The second kappa shape index (κ2) is 6.62. The maximum absolute atomic E-state index is 13.0. The minimum Gasteiger partial charge on any atom is -0.354 e. The number of fused-ring (bicyclic) bond motifs is 1. The number of hydrogen-bond acceptors (Lipinski definition) is 3. The SMILES string of the molecule is Cc1c(C(=O)Nc2ccccc2N2CCCC2=O)[nH]c2c1C(=O)CC(C)(C)C2. The summed E-state index contributed by atoms with van der Waals surface area (Å²) >= 11 is 0. The van der Waals surface area contributed by atoms with Gasteiger partial charge in [0.25, 0.3) is 5.91 Å². The fourth-order valence-corrected chi connectivity index (χ4v) is 4.36. The van der Waals surface area contributed by atoms with E-state index in [-0.39, 0.29) is 23.0 Å². The summed E-state index contributed by atoms with van der Waals surface area (Å²) in [5.41, 5.74) is 3.81. The van der Waals surface area contributed by atoms with Gasteiger partial charge in [-0.25, -0.2) is 0 Å². The minimum atomic E-state index is -0.295. The van der Waals surface area contributed by atoms with Gasteiger partial charge in [0.1, 0.15) is 5.69 Å². The Bertz CT molecular complexity index is 987. The van der Waals surface area contributed by atoms with E-state index in [2.05, 4.69) is 24.1 Å². The van der Waals surface area contributed by atoms with Crippen molar-refractivity contribution in [2.45, 2.75) is 46.5 Å². The molecule has 2 aromatic rings. The van der Waals surface area contributed by atoms with Crippen molar-refractivity contribution in [1.29, 1.82) is 0 Å². The first-order chi connectivity index (χ1) is 13.3. The molecule has 0 radical (unpaired) electrons. The van der Waals surface area contributed by atoms with Gasteiger partial charge in [0.2, 0.25) is 5.91 Å². The van der Waals surface area contributed by atoms with Crippen LogP contribution >= 0.6 is 0 Å². The normalized spacial score (nSPS) is 18.3. The number of Topliss-reactive ketones (excluding diaryl/α,β-unsaturated/α-hetero) is 1. The fraction of sp³-hybridized carbons (Fsp3) is 0.409. The Hall–Kier alpha value is -2.89. The average Bonchev–Trinajstić information content (AvgIpc) is 3.17. The molecule has 28 heavy (non-hydrogen) atoms. The summed E-state index contributed by atoms with van der Waals surface area (Å²) in [6.07, 6.45) is 2.57. The predicted octanol–water partition coefficient (Wildman–Crippen LogP) is 3.86. The van der Waals surface area contributed by atoms with Gasteiger partial charge in [0.15, 0.2) is 5.78 Å². The lowest BCUT2D eigenvalue weighted by atomic mass is 9.75. The van der Waals surface area contributed by atoms with Crippen LogP contribution in [0.4, 0.5) is 11.4 Å². The highest BCUT2D eigenvalue weighted by molar-refractivity contribution is 6.10. The third-order valence-corrected chi connectivity index (χ3v) is 5.64. The van der Waals surface area contributed by atoms with Gasteiger partial charge in [-0.3, -0.25) is 14.4 Å². The van der Waals surface area contributed by atoms with E-state index in [1.807, 2.05) is 25.1 Å². The van der Waals surface area contributed by atoms with Crippen LogP contribution in [-0.4, -0.2) is 29.1 Å². The molecule has 2 heterocycles. The zero-order valence-electron chi connectivity index (χ0n) is 16.5. The van der Waals surface area contributed by atoms with Crippen molar-refractivity contribution in [3.8, 4) is 0 Å². The molecule has 0 spiro atoms. The maximum atomic E-state index is 13.0. The van der Waals surface area contributed by atoms with E-state index in [1.54, 1.807) is 11.0 Å². The number of aromatic amines is 1. The quantitative estimate of drug-likeness (QED) is 0.850. The Balaban J connectivity index is 1.65. The van der Waals surface area contributed by atoms with Gasteiger partial charge < -0.3 is 15.2 Å². The lowest BCUT2D eigenvalue weighted by Gasteiger charge is -2.28. The molecule has 2 aliphatic rings. The number of H-pyrrole nitrogens is 1. The van der Waals surface area contributed by atoms with Crippen molar-refractivity contribution in [3.63, 3.8) is 0 Å². The lowest BCUT2D eigenvalue weighted by molar-refractivity contribution is -0.117. The minimum absolute atomic E-state index is 0.0704. The van der Waals surface area contributed by atoms with Crippen LogP contribution in [0.25, 0.3) is 0 Å². The monoisotopic (exact) mass is 379 g/mol. The average molecular weight is 379 g/mol. The molecule has 2 amide bonds. The number of aromatic nitrogens is 1. The van der Waals surface area contributed by atoms with Crippen molar-refractivity contribution < 1.29 is 14.4 Å². The zero-order chi connectivity index (χ0) is 20.1. The van der Waals surface area contributed by atoms with Crippen molar-refractivity contribution in [3.05, 3.63) is 46.8 Å². The molecule has 0 atom stereocenters. The Morgan fingerprint density at radius 1 is 1.18 bits per heavy atom. The van der Waals surface area contributed by atoms with Crippen LogP contribution in [-0.2, 0) is 11.2 Å². The Labute approximate surface area is 164 Å². The van der Waals surface area contributed by atoms with Crippen LogP contribution in [0.3, 0.4) is 0 Å². The van der Waals surface area contributed by atoms with Gasteiger partial charge in [-0.1, -0.05) is 26.0 Å². The molecule has 1 aliphatic carbocycles. The summed E-state index contributed by atoms with van der Waals surface area (Å²) in [4.78, 5) is 42.6. The highest BCUT2D eigenvalue weighted by Crippen LogP contribution is 2.37. The molecule has 1 aliphatic heterocycles. The van der Waals surface area contributed by atoms with Gasteiger partial charge in [-0.05, 0) is 42.9 Å². The molecule has 1 aromatic heterocycles. The van der Waals surface area contributed by atoms with Gasteiger partial charge in [0, 0.05) is 30.6 Å². The van der Waals surface area contributed by atoms with Crippen LogP contribution in [0.5, 0.6) is 0 Å². The second-order valence-electron chi connectivity index (χ2n) is 8.54. The summed E-state index contributed by atoms with van der Waals surface area (Å²) in [7, 11) is 0. The number of nitrogens with zero attached hydrogens (tertiary/aromatic N) is 1. The van der Waals surface area contributed by atoms with Crippen molar-refractivity contribution >= 4 is 29.0 Å². The van der Waals surface area contributed by atoms with Gasteiger partial charge in [-0.15, -0.1) is 0 Å². The lowest BCUT2D eigenvalue weighted by Crippen LogP contribution is -2.26. The van der Waals surface area contributed by atoms with Crippen molar-refractivity contribution in [2.75, 3.05) is 16.8 Å². The summed E-state index contributed by atoms with van der Waals surface area (Å²) in [6, 6.07) is 7.33. The van der Waals surface area contributed by atoms with Crippen LogP contribution in [0.15, 0.2) is 24.3 Å². The number of carbonyl (C=O) groups excluding carboxylic acids is 3. The molecule has 6 nitrogen and oxygen atoms in total. The smallest absolute Gasteiger partial charge is 0.272 e. The number of hydrogen-bond donors (Lipinski definition) is 2. The molecule has 0 saturated carbocycles. The van der Waals surface area contributed by atoms with E-state index in [4.69, 9.17) is 0 Å². The summed E-state index contributed by atoms with van der Waals surface area (Å²) < 4.78 is 0. The second-order valence-corrected chi connectivity index (χ2v) is 8.54. The largest absolute Gasteiger partial charge is 0.354 e. The number of rotatable bonds is 3. The highest BCUT2D eigenvalue weighted by Gasteiger charge is 2.35. The number of carbonyl (C=O) groups is 3. The summed E-state index contributed by atoms with van der Waals surface area (Å²) in [6.45, 7) is 6.60. The third kappa shape index (κ3) is 3.13. The molecule has 6 heteroatoms. The van der Waals surface area contributed by atoms with Crippen LogP contribution in [0.1, 0.15) is 65.2 Å². The van der Waals surface area contributed by atoms with Crippen LogP contribution in [0, 0.1) is 12.3 Å². The van der Waals surface area contributed by atoms with Crippen molar-refractivity contribution in [2.24, 2.45) is 5.41 Å². The van der Waals surface area contributed by atoms with Crippen molar-refractivity contribution in [1.82, 2.24) is 4.98 Å². The summed E-state index contributed by atoms with van der Waals surface area (Å²) in [5.74, 6) is -0.139. The third-order valence-electron chi connectivity index (χ3n) is 5.64. The van der Waals surface area contributed by atoms with E-state index in [0.29, 0.717) is 47.6 Å². The van der Waals surface area contributed by atoms with Gasteiger partial charge in [0.05, 0.1) is 11.4 Å². The Kier molecular flexibility index (Phi) is 4.37. The van der Waals surface area contributed by atoms with Gasteiger partial charge in [-0.2, -0.15) is 0 Å². The molecule has 0 bridgehead atoms. The van der Waals surface area contributed by atoms with E-state index >= 15 is 0 Å². The van der Waals surface area contributed by atoms with Crippen LogP contribution < -0.4 is 10.2 Å². The molecule has 2 N–H and O–H groups in total. The first-order valence-electron chi connectivity index (χ1n) is 9.72. The topological polar surface area (TPSA) is 82.3 Å². The highest BCUT2D eigenvalue weighted by atomic mass is 16.2. The Morgan fingerprint density at radius 2 is 1.93 bits per heavy atom. The number of nitrogens with one attached hydrogen (secondary N) is 2. The molecule has 1 aromatic carbocycles. The molecule has 146 valence electrons. The first-order valence-corrected chi connectivity index (χ1v) is 9.72. The standard InChI is InChI=1S/C22H25N3O3/c1-13-19-15(11-22(2,3)12-17(19)26)23-20(13)21(28)24-14-7-4-5-8-16(14)25-10-6-9-18(25)27/h4-5,7-8,23H,6,9-12H2,1-3H3,(H,24,28). The number of benzene rings is 1. The first kappa shape index (κ1) is 18.5. The number of amides is 2. The molecule has 1 fully saturated rings. The molecular formula is C22H25N3O3. The zero-order valence-corrected chi connectivity index (χ0v) is 16.5. The predicted molar refractivity (Wildman–Crippen MR) is 108 cm³/mol. The number of ketones is 1. The number of para-hydroxylation sites is 2. The maximum Gasteiger partial charge on any atom is 0.272 e.